The molecular weight excluding hydrogens is 168 g/mol. The highest BCUT2D eigenvalue weighted by molar-refractivity contribution is 7.10. The molecule has 2 heterocycles. The Hall–Kier alpha value is -0.830. The van der Waals surface area contributed by atoms with Crippen LogP contribution in [0.3, 0.4) is 0 Å². The predicted molar refractivity (Wildman–Crippen MR) is 52.5 cm³/mol. The molecule has 1 unspecified atom stereocenters. The third-order valence-electron chi connectivity index (χ3n) is 2.11. The van der Waals surface area contributed by atoms with Gasteiger partial charge in [0.2, 0.25) is 0 Å². The lowest BCUT2D eigenvalue weighted by Crippen LogP contribution is -2.07. The second-order valence-electron chi connectivity index (χ2n) is 2.93. The van der Waals surface area contributed by atoms with Gasteiger partial charge in [-0.3, -0.25) is 0 Å². The third kappa shape index (κ3) is 1.37. The molecule has 0 amide bonds. The van der Waals surface area contributed by atoms with Crippen LogP contribution in [0.5, 0.6) is 0 Å². The van der Waals surface area contributed by atoms with Crippen LogP contribution < -0.4 is 5.43 Å². The van der Waals surface area contributed by atoms with Crippen LogP contribution >= 0.6 is 11.3 Å². The van der Waals surface area contributed by atoms with Crippen LogP contribution in [0.15, 0.2) is 22.6 Å². The minimum Gasteiger partial charge on any atom is -0.301 e. The number of nitrogens with zero attached hydrogens (tertiary/aromatic N) is 1. The molecule has 1 aromatic heterocycles. The molecule has 64 valence electrons. The summed E-state index contributed by atoms with van der Waals surface area (Å²) in [5, 5.41) is 6.38. The van der Waals surface area contributed by atoms with E-state index in [1.54, 1.807) is 11.3 Å². The van der Waals surface area contributed by atoms with Gasteiger partial charge in [-0.2, -0.15) is 5.10 Å². The van der Waals surface area contributed by atoms with Crippen molar-refractivity contribution in [1.29, 1.82) is 0 Å². The van der Waals surface area contributed by atoms with Gasteiger partial charge in [0.1, 0.15) is 0 Å². The number of rotatable bonds is 2. The fourth-order valence-corrected chi connectivity index (χ4v) is 2.14. The molecular formula is C9H12N2S. The molecule has 0 spiro atoms. The van der Waals surface area contributed by atoms with Gasteiger partial charge < -0.3 is 5.43 Å². The first-order valence-corrected chi connectivity index (χ1v) is 5.12. The Labute approximate surface area is 76.3 Å². The van der Waals surface area contributed by atoms with Crippen molar-refractivity contribution in [1.82, 2.24) is 5.43 Å². The molecule has 1 aromatic rings. The van der Waals surface area contributed by atoms with Crippen molar-refractivity contribution in [2.24, 2.45) is 5.10 Å². The third-order valence-corrected chi connectivity index (χ3v) is 3.10. The van der Waals surface area contributed by atoms with Crippen LogP contribution in [0.1, 0.15) is 30.7 Å². The van der Waals surface area contributed by atoms with E-state index in [2.05, 4.69) is 35.0 Å². The Morgan fingerprint density at radius 3 is 3.25 bits per heavy atom. The predicted octanol–water partition coefficient (Wildman–Crippen LogP) is 2.55. The summed E-state index contributed by atoms with van der Waals surface area (Å²) in [7, 11) is 0. The average Bonchev–Trinajstić information content (AvgIpc) is 2.75. The number of hydrogen-bond acceptors (Lipinski definition) is 3. The van der Waals surface area contributed by atoms with E-state index in [0.717, 1.165) is 12.8 Å². The number of thiophene rings is 1. The summed E-state index contributed by atoms with van der Waals surface area (Å²) in [4.78, 5) is 1.39. The van der Waals surface area contributed by atoms with Crippen molar-refractivity contribution in [2.45, 2.75) is 25.8 Å². The van der Waals surface area contributed by atoms with Crippen LogP contribution in [0.25, 0.3) is 0 Å². The zero-order valence-electron chi connectivity index (χ0n) is 7.08. The summed E-state index contributed by atoms with van der Waals surface area (Å²) in [5.74, 6) is 0. The lowest BCUT2D eigenvalue weighted by atomic mass is 10.1. The van der Waals surface area contributed by atoms with Gasteiger partial charge in [0.25, 0.3) is 0 Å². The molecule has 0 fully saturated rings. The van der Waals surface area contributed by atoms with E-state index in [1.165, 1.54) is 10.6 Å². The highest BCUT2D eigenvalue weighted by Gasteiger charge is 2.18. The van der Waals surface area contributed by atoms with E-state index in [1.807, 2.05) is 0 Å². The molecule has 1 N–H and O–H groups in total. The first-order valence-electron chi connectivity index (χ1n) is 4.24. The van der Waals surface area contributed by atoms with Crippen LogP contribution in [0, 0.1) is 0 Å². The fourth-order valence-electron chi connectivity index (χ4n) is 1.37. The summed E-state index contributed by atoms with van der Waals surface area (Å²) in [6.45, 7) is 2.15. The van der Waals surface area contributed by atoms with E-state index >= 15 is 0 Å². The maximum atomic E-state index is 4.26. The number of hydrazone groups is 1. The molecule has 0 saturated heterocycles. The monoisotopic (exact) mass is 180 g/mol. The molecule has 2 nitrogen and oxygen atoms in total. The van der Waals surface area contributed by atoms with E-state index < -0.39 is 0 Å². The quantitative estimate of drug-likeness (QED) is 0.743. The van der Waals surface area contributed by atoms with Gasteiger partial charge in [0.15, 0.2) is 0 Å². The highest BCUT2D eigenvalue weighted by atomic mass is 32.1. The van der Waals surface area contributed by atoms with Crippen molar-refractivity contribution in [3.8, 4) is 0 Å². The smallest absolute Gasteiger partial charge is 0.0834 e. The molecule has 3 heteroatoms. The molecule has 0 saturated carbocycles. The topological polar surface area (TPSA) is 24.4 Å². The maximum Gasteiger partial charge on any atom is 0.0834 e. The van der Waals surface area contributed by atoms with Crippen molar-refractivity contribution < 1.29 is 0 Å². The largest absolute Gasteiger partial charge is 0.301 e. The van der Waals surface area contributed by atoms with Crippen molar-refractivity contribution >= 4 is 17.0 Å². The standard InChI is InChI=1S/C9H12N2S/c1-2-7-6-8(11-10-7)9-4-3-5-12-9/h3-5,8,11H,2,6H2,1H3. The zero-order valence-corrected chi connectivity index (χ0v) is 7.90. The minimum atomic E-state index is 0.444. The molecule has 12 heavy (non-hydrogen) atoms. The average molecular weight is 180 g/mol. The van der Waals surface area contributed by atoms with Gasteiger partial charge in [0.05, 0.1) is 6.04 Å². The maximum absolute atomic E-state index is 4.26. The highest BCUT2D eigenvalue weighted by Crippen LogP contribution is 2.25. The SMILES string of the molecule is CCC1=NNC(c2cccs2)C1. The summed E-state index contributed by atoms with van der Waals surface area (Å²) >= 11 is 1.80. The van der Waals surface area contributed by atoms with Crippen molar-refractivity contribution in [3.63, 3.8) is 0 Å². The molecule has 1 aliphatic heterocycles. The summed E-state index contributed by atoms with van der Waals surface area (Å²) in [6, 6.07) is 4.70. The van der Waals surface area contributed by atoms with Gasteiger partial charge >= 0.3 is 0 Å². The lowest BCUT2D eigenvalue weighted by molar-refractivity contribution is 0.630. The van der Waals surface area contributed by atoms with Crippen LogP contribution in [-0.2, 0) is 0 Å². The Bertz CT molecular complexity index is 277. The Morgan fingerprint density at radius 1 is 1.75 bits per heavy atom. The zero-order chi connectivity index (χ0) is 8.39. The van der Waals surface area contributed by atoms with Crippen molar-refractivity contribution in [3.05, 3.63) is 22.4 Å². The second kappa shape index (κ2) is 3.27. The van der Waals surface area contributed by atoms with Gasteiger partial charge in [-0.25, -0.2) is 0 Å². The van der Waals surface area contributed by atoms with E-state index in [-0.39, 0.29) is 0 Å². The summed E-state index contributed by atoms with van der Waals surface area (Å²) in [6.07, 6.45) is 2.14. The van der Waals surface area contributed by atoms with Crippen LogP contribution in [-0.4, -0.2) is 5.71 Å². The first-order chi connectivity index (χ1) is 5.90. The van der Waals surface area contributed by atoms with Crippen LogP contribution in [0.2, 0.25) is 0 Å². The minimum absolute atomic E-state index is 0.444. The Balaban J connectivity index is 2.04. The van der Waals surface area contributed by atoms with E-state index in [4.69, 9.17) is 0 Å². The fraction of sp³-hybridized carbons (Fsp3) is 0.444. The molecule has 0 aliphatic carbocycles. The molecule has 0 bridgehead atoms. The first kappa shape index (κ1) is 7.80. The van der Waals surface area contributed by atoms with E-state index in [9.17, 15) is 0 Å². The van der Waals surface area contributed by atoms with Gasteiger partial charge in [-0.1, -0.05) is 13.0 Å². The molecule has 0 radical (unpaired) electrons. The Morgan fingerprint density at radius 2 is 2.67 bits per heavy atom. The second-order valence-corrected chi connectivity index (χ2v) is 3.91. The van der Waals surface area contributed by atoms with Gasteiger partial charge in [-0.05, 0) is 17.9 Å². The van der Waals surface area contributed by atoms with Crippen molar-refractivity contribution in [2.75, 3.05) is 0 Å². The summed E-state index contributed by atoms with van der Waals surface area (Å²) in [5.41, 5.74) is 4.44. The number of nitrogens with one attached hydrogen (secondary N) is 1. The number of hydrogen-bond donors (Lipinski definition) is 1. The van der Waals surface area contributed by atoms with E-state index in [0.29, 0.717) is 6.04 Å². The molecule has 0 aromatic carbocycles. The van der Waals surface area contributed by atoms with Crippen LogP contribution in [0.4, 0.5) is 0 Å². The lowest BCUT2D eigenvalue weighted by Gasteiger charge is -2.05. The normalized spacial score (nSPS) is 22.1. The van der Waals surface area contributed by atoms with Gasteiger partial charge in [0, 0.05) is 17.0 Å². The Kier molecular flexibility index (Phi) is 2.13. The molecule has 1 aliphatic rings. The van der Waals surface area contributed by atoms with Gasteiger partial charge in [-0.15, -0.1) is 11.3 Å². The molecule has 1 atom stereocenters. The molecule has 2 rings (SSSR count). The summed E-state index contributed by atoms with van der Waals surface area (Å²) < 4.78 is 0.